The zero-order valence-corrected chi connectivity index (χ0v) is 29.1. The highest BCUT2D eigenvalue weighted by Crippen LogP contribution is 2.47. The Kier molecular flexibility index (Phi) is 6.09. The van der Waals surface area contributed by atoms with Crippen LogP contribution in [-0.4, -0.2) is 0 Å². The Morgan fingerprint density at radius 3 is 1.52 bits per heavy atom. The van der Waals surface area contributed by atoms with E-state index in [1.807, 2.05) is 24.3 Å². The summed E-state index contributed by atoms with van der Waals surface area (Å²) in [5.74, 6) is 0. The van der Waals surface area contributed by atoms with Crippen LogP contribution in [0.15, 0.2) is 191 Å². The third-order valence-corrected chi connectivity index (χ3v) is 11.4. The second-order valence-electron chi connectivity index (χ2n) is 14.3. The molecule has 0 spiro atoms. The van der Waals surface area contributed by atoms with Gasteiger partial charge in [-0.05, 0) is 101 Å². The van der Waals surface area contributed by atoms with Crippen molar-refractivity contribution in [3.8, 4) is 33.4 Å². The smallest absolute Gasteiger partial charge is 0.147 e. The molecule has 12 aromatic rings. The van der Waals surface area contributed by atoms with Gasteiger partial charge in [-0.25, -0.2) is 0 Å². The van der Waals surface area contributed by atoms with Crippen molar-refractivity contribution in [2.75, 3.05) is 0 Å². The summed E-state index contributed by atoms with van der Waals surface area (Å²) >= 11 is 0. The van der Waals surface area contributed by atoms with E-state index in [0.717, 1.165) is 55.0 Å². The van der Waals surface area contributed by atoms with Crippen LogP contribution in [0.4, 0.5) is 0 Å². The fourth-order valence-corrected chi connectivity index (χ4v) is 9.02. The molecule has 0 aliphatic rings. The predicted molar refractivity (Wildman–Crippen MR) is 227 cm³/mol. The Morgan fingerprint density at radius 2 is 0.796 bits per heavy atom. The Hall–Kier alpha value is -7.16. The molecule has 12 rings (SSSR count). The van der Waals surface area contributed by atoms with Crippen molar-refractivity contribution in [2.45, 2.75) is 0 Å². The van der Waals surface area contributed by atoms with Crippen LogP contribution in [0, 0.1) is 0 Å². The molecule has 0 fully saturated rings. The van der Waals surface area contributed by atoms with E-state index >= 15 is 0 Å². The summed E-state index contributed by atoms with van der Waals surface area (Å²) in [6, 6.07) is 65.7. The maximum Gasteiger partial charge on any atom is 0.147 e. The van der Waals surface area contributed by atoms with Crippen molar-refractivity contribution in [1.82, 2.24) is 0 Å². The van der Waals surface area contributed by atoms with Gasteiger partial charge in [0.15, 0.2) is 0 Å². The second-order valence-corrected chi connectivity index (χ2v) is 14.3. The first-order chi connectivity index (χ1) is 26.8. The van der Waals surface area contributed by atoms with Crippen LogP contribution >= 0.6 is 0 Å². The van der Waals surface area contributed by atoms with Crippen molar-refractivity contribution in [3.05, 3.63) is 182 Å². The third kappa shape index (κ3) is 4.17. The van der Waals surface area contributed by atoms with E-state index in [2.05, 4.69) is 158 Å². The molecule has 0 unspecified atom stereocenters. The number of hydrogen-bond acceptors (Lipinski definition) is 2. The topological polar surface area (TPSA) is 26.3 Å². The van der Waals surface area contributed by atoms with Gasteiger partial charge >= 0.3 is 0 Å². The molecule has 0 saturated carbocycles. The third-order valence-electron chi connectivity index (χ3n) is 11.4. The Labute approximate surface area is 310 Å². The van der Waals surface area contributed by atoms with E-state index in [1.54, 1.807) is 0 Å². The molecule has 10 aromatic carbocycles. The van der Waals surface area contributed by atoms with Crippen LogP contribution in [0.25, 0.3) is 120 Å². The van der Waals surface area contributed by atoms with Gasteiger partial charge in [-0.1, -0.05) is 152 Å². The number of para-hydroxylation sites is 2. The summed E-state index contributed by atoms with van der Waals surface area (Å²) in [6.07, 6.45) is 0. The number of hydrogen-bond donors (Lipinski definition) is 0. The minimum absolute atomic E-state index is 0.850. The standard InChI is InChI=1S/C52H30O2/c1-2-14-36-31(12-1)13-11-21-38(36)49-41-18-5-3-16-39(41)48(40-17-4-6-19-42(40)49)35-27-25-32-28-34(26-24-33(32)29-35)44-30-45-37-15-7-9-22-46(37)53-52(45)50-43-20-8-10-23-47(43)54-51(44)50/h1-30H. The SMILES string of the molecule is c1ccc2c(-c3c4ccccc4c(-c4ccc5cc(-c6cc7c8ccccc8oc7c7c6oc6ccccc67)ccc5c4)c4ccccc34)cccc2c1. The molecule has 0 radical (unpaired) electrons. The van der Waals surface area contributed by atoms with Crippen LogP contribution in [-0.2, 0) is 0 Å². The molecule has 0 aliphatic heterocycles. The second kappa shape index (κ2) is 11.2. The average molecular weight is 687 g/mol. The summed E-state index contributed by atoms with van der Waals surface area (Å²) in [4.78, 5) is 0. The summed E-state index contributed by atoms with van der Waals surface area (Å²) < 4.78 is 13.1. The van der Waals surface area contributed by atoms with E-state index in [9.17, 15) is 0 Å². The van der Waals surface area contributed by atoms with Gasteiger partial charge < -0.3 is 8.83 Å². The maximum absolute atomic E-state index is 6.62. The molecule has 54 heavy (non-hydrogen) atoms. The zero-order chi connectivity index (χ0) is 35.3. The molecular formula is C52H30O2. The first kappa shape index (κ1) is 29.4. The van der Waals surface area contributed by atoms with Crippen LogP contribution in [0.5, 0.6) is 0 Å². The van der Waals surface area contributed by atoms with E-state index in [1.165, 1.54) is 65.3 Å². The van der Waals surface area contributed by atoms with E-state index in [0.29, 0.717) is 0 Å². The van der Waals surface area contributed by atoms with Crippen LogP contribution in [0.3, 0.4) is 0 Å². The average Bonchev–Trinajstić information content (AvgIpc) is 3.81. The van der Waals surface area contributed by atoms with Gasteiger partial charge in [-0.3, -0.25) is 0 Å². The van der Waals surface area contributed by atoms with E-state index < -0.39 is 0 Å². The quantitative estimate of drug-likeness (QED) is 0.173. The van der Waals surface area contributed by atoms with Gasteiger partial charge in [-0.15, -0.1) is 0 Å². The molecule has 0 saturated heterocycles. The summed E-state index contributed by atoms with van der Waals surface area (Å²) in [6.45, 7) is 0. The zero-order valence-electron chi connectivity index (χ0n) is 29.1. The molecule has 0 amide bonds. The predicted octanol–water partition coefficient (Wildman–Crippen LogP) is 15.1. The van der Waals surface area contributed by atoms with Gasteiger partial charge in [0.2, 0.25) is 0 Å². The molecule has 2 heterocycles. The van der Waals surface area contributed by atoms with E-state index in [-0.39, 0.29) is 0 Å². The largest absolute Gasteiger partial charge is 0.455 e. The minimum atomic E-state index is 0.850. The number of furan rings is 2. The summed E-state index contributed by atoms with van der Waals surface area (Å²) in [5.41, 5.74) is 10.7. The van der Waals surface area contributed by atoms with Crippen molar-refractivity contribution in [3.63, 3.8) is 0 Å². The molecule has 0 aliphatic carbocycles. The van der Waals surface area contributed by atoms with Crippen molar-refractivity contribution < 1.29 is 8.83 Å². The molecule has 250 valence electrons. The molecule has 2 nitrogen and oxygen atoms in total. The van der Waals surface area contributed by atoms with Crippen LogP contribution < -0.4 is 0 Å². The lowest BCUT2D eigenvalue weighted by Gasteiger charge is -2.19. The van der Waals surface area contributed by atoms with Crippen LogP contribution in [0.2, 0.25) is 0 Å². The molecule has 2 aromatic heterocycles. The summed E-state index contributed by atoms with van der Waals surface area (Å²) in [7, 11) is 0. The highest BCUT2D eigenvalue weighted by atomic mass is 16.3. The van der Waals surface area contributed by atoms with Gasteiger partial charge in [0.1, 0.15) is 22.3 Å². The first-order valence-corrected chi connectivity index (χ1v) is 18.5. The molecule has 0 N–H and O–H groups in total. The van der Waals surface area contributed by atoms with E-state index in [4.69, 9.17) is 8.83 Å². The Balaban J connectivity index is 1.07. The molecular weight excluding hydrogens is 657 g/mol. The van der Waals surface area contributed by atoms with Gasteiger partial charge in [0.25, 0.3) is 0 Å². The van der Waals surface area contributed by atoms with Gasteiger partial charge in [-0.2, -0.15) is 0 Å². The summed E-state index contributed by atoms with van der Waals surface area (Å²) in [5, 5.41) is 14.2. The van der Waals surface area contributed by atoms with Crippen molar-refractivity contribution in [2.24, 2.45) is 0 Å². The van der Waals surface area contributed by atoms with Crippen LogP contribution in [0.1, 0.15) is 0 Å². The molecule has 2 heteroatoms. The monoisotopic (exact) mass is 686 g/mol. The highest BCUT2D eigenvalue weighted by molar-refractivity contribution is 6.26. The fraction of sp³-hybridized carbons (Fsp3) is 0. The van der Waals surface area contributed by atoms with Gasteiger partial charge in [0, 0.05) is 21.7 Å². The fourth-order valence-electron chi connectivity index (χ4n) is 9.02. The normalized spacial score (nSPS) is 12.1. The van der Waals surface area contributed by atoms with Crippen molar-refractivity contribution >= 4 is 87.0 Å². The lowest BCUT2D eigenvalue weighted by molar-refractivity contribution is 0.663. The molecule has 0 bridgehead atoms. The maximum atomic E-state index is 6.62. The number of rotatable bonds is 3. The lowest BCUT2D eigenvalue weighted by Crippen LogP contribution is -1.91. The first-order valence-electron chi connectivity index (χ1n) is 18.5. The minimum Gasteiger partial charge on any atom is -0.455 e. The number of fused-ring (bicyclic) bond motifs is 11. The molecule has 0 atom stereocenters. The number of benzene rings is 10. The highest BCUT2D eigenvalue weighted by Gasteiger charge is 2.22. The van der Waals surface area contributed by atoms with Gasteiger partial charge in [0.05, 0.1) is 5.39 Å². The Bertz CT molecular complexity index is 3440. The lowest BCUT2D eigenvalue weighted by atomic mass is 9.84. The Morgan fingerprint density at radius 1 is 0.278 bits per heavy atom. The van der Waals surface area contributed by atoms with Crippen molar-refractivity contribution in [1.29, 1.82) is 0 Å².